The van der Waals surface area contributed by atoms with Crippen molar-refractivity contribution in [3.05, 3.63) is 45.8 Å². The molecule has 0 aliphatic rings. The maximum atomic E-state index is 8.88. The first-order chi connectivity index (χ1) is 9.62. The minimum Gasteiger partial charge on any atom is -0.496 e. The van der Waals surface area contributed by atoms with Crippen LogP contribution in [0.4, 0.5) is 5.82 Å². The van der Waals surface area contributed by atoms with E-state index in [9.17, 15) is 0 Å². The highest BCUT2D eigenvalue weighted by atomic mass is 79.9. The molecule has 0 fully saturated rings. The summed E-state index contributed by atoms with van der Waals surface area (Å²) in [5.74, 6) is 2.00. The average Bonchev–Trinajstić information content (AvgIpc) is 2.44. The second kappa shape index (κ2) is 6.35. The average molecular weight is 333 g/mol. The van der Waals surface area contributed by atoms with Gasteiger partial charge in [-0.2, -0.15) is 5.26 Å². The summed E-state index contributed by atoms with van der Waals surface area (Å²) >= 11 is 3.45. The van der Waals surface area contributed by atoms with Gasteiger partial charge in [-0.3, -0.25) is 0 Å². The first-order valence-electron chi connectivity index (χ1n) is 5.94. The highest BCUT2D eigenvalue weighted by Gasteiger charge is 2.04. The number of benzene rings is 1. The Labute approximate surface area is 125 Å². The van der Waals surface area contributed by atoms with E-state index in [1.54, 1.807) is 20.1 Å². The van der Waals surface area contributed by atoms with E-state index in [1.807, 2.05) is 24.3 Å². The molecule has 0 saturated heterocycles. The lowest BCUT2D eigenvalue weighted by molar-refractivity contribution is 0.412. The van der Waals surface area contributed by atoms with E-state index < -0.39 is 0 Å². The lowest BCUT2D eigenvalue weighted by atomic mass is 10.2. The van der Waals surface area contributed by atoms with E-state index in [2.05, 4.69) is 31.2 Å². The summed E-state index contributed by atoms with van der Waals surface area (Å²) in [6, 6.07) is 9.49. The first kappa shape index (κ1) is 14.3. The van der Waals surface area contributed by atoms with Gasteiger partial charge >= 0.3 is 0 Å². The molecule has 0 aliphatic heterocycles. The summed E-state index contributed by atoms with van der Waals surface area (Å²) in [5.41, 5.74) is 1.43. The van der Waals surface area contributed by atoms with Crippen LogP contribution in [0.1, 0.15) is 17.1 Å². The molecule has 102 valence electrons. The number of methoxy groups -OCH3 is 1. The van der Waals surface area contributed by atoms with Crippen LogP contribution in [-0.4, -0.2) is 17.1 Å². The number of aromatic nitrogens is 2. The van der Waals surface area contributed by atoms with Crippen molar-refractivity contribution >= 4 is 21.7 Å². The number of nitrogens with zero attached hydrogens (tertiary/aromatic N) is 3. The summed E-state index contributed by atoms with van der Waals surface area (Å²) < 4.78 is 6.08. The second-order valence-corrected chi connectivity index (χ2v) is 4.97. The van der Waals surface area contributed by atoms with Gasteiger partial charge in [0, 0.05) is 12.6 Å². The quantitative estimate of drug-likeness (QED) is 0.931. The molecule has 2 rings (SSSR count). The maximum absolute atomic E-state index is 8.88. The number of rotatable bonds is 4. The molecule has 0 atom stereocenters. The highest BCUT2D eigenvalue weighted by molar-refractivity contribution is 9.10. The van der Waals surface area contributed by atoms with Crippen LogP contribution in [0.2, 0.25) is 0 Å². The second-order valence-electron chi connectivity index (χ2n) is 4.12. The minimum atomic E-state index is 0.357. The topological polar surface area (TPSA) is 70.8 Å². The molecule has 1 aromatic heterocycles. The number of halogens is 1. The zero-order chi connectivity index (χ0) is 14.5. The molecular formula is C14H13BrN4O. The number of nitrogens with one attached hydrogen (secondary N) is 1. The fourth-order valence-electron chi connectivity index (χ4n) is 1.73. The fourth-order valence-corrected chi connectivity index (χ4v) is 2.32. The molecule has 0 radical (unpaired) electrons. The number of hydrogen-bond donors (Lipinski definition) is 1. The van der Waals surface area contributed by atoms with Gasteiger partial charge in [-0.1, -0.05) is 6.07 Å². The SMILES string of the molecule is COc1ccc(CNc2cc(C#N)nc(C)n2)cc1Br. The molecule has 0 aliphatic carbocycles. The molecule has 0 spiro atoms. The lowest BCUT2D eigenvalue weighted by Gasteiger charge is -2.09. The van der Waals surface area contributed by atoms with Crippen molar-refractivity contribution in [2.75, 3.05) is 12.4 Å². The van der Waals surface area contributed by atoms with Gasteiger partial charge in [0.1, 0.15) is 29.2 Å². The molecule has 6 heteroatoms. The summed E-state index contributed by atoms with van der Waals surface area (Å²) in [4.78, 5) is 8.25. The number of aryl methyl sites for hydroxylation is 1. The Morgan fingerprint density at radius 3 is 2.80 bits per heavy atom. The third kappa shape index (κ3) is 3.45. The normalized spacial score (nSPS) is 9.90. The van der Waals surface area contributed by atoms with Gasteiger partial charge in [0.25, 0.3) is 0 Å². The van der Waals surface area contributed by atoms with E-state index >= 15 is 0 Å². The van der Waals surface area contributed by atoms with Crippen LogP contribution in [0.15, 0.2) is 28.7 Å². The van der Waals surface area contributed by atoms with Crippen molar-refractivity contribution in [3.63, 3.8) is 0 Å². The summed E-state index contributed by atoms with van der Waals surface area (Å²) in [5, 5.41) is 12.1. The van der Waals surface area contributed by atoms with Crippen LogP contribution in [0.25, 0.3) is 0 Å². The smallest absolute Gasteiger partial charge is 0.146 e. The Kier molecular flexibility index (Phi) is 4.53. The monoisotopic (exact) mass is 332 g/mol. The standard InChI is InChI=1S/C14H13BrN4O/c1-9-18-11(7-16)6-14(19-9)17-8-10-3-4-13(20-2)12(15)5-10/h3-6H,8H2,1-2H3,(H,17,18,19). The van der Waals surface area contributed by atoms with Gasteiger partial charge in [-0.25, -0.2) is 9.97 Å². The van der Waals surface area contributed by atoms with E-state index in [0.717, 1.165) is 15.8 Å². The van der Waals surface area contributed by atoms with E-state index in [4.69, 9.17) is 10.00 Å². The van der Waals surface area contributed by atoms with Gasteiger partial charge in [0.15, 0.2) is 0 Å². The Morgan fingerprint density at radius 1 is 1.35 bits per heavy atom. The Balaban J connectivity index is 2.11. The third-order valence-electron chi connectivity index (χ3n) is 2.64. The molecule has 20 heavy (non-hydrogen) atoms. The first-order valence-corrected chi connectivity index (χ1v) is 6.73. The molecule has 0 unspecified atom stereocenters. The van der Waals surface area contributed by atoms with Crippen LogP contribution in [0, 0.1) is 18.3 Å². The molecule has 1 heterocycles. The van der Waals surface area contributed by atoms with Crippen molar-refractivity contribution in [2.45, 2.75) is 13.5 Å². The third-order valence-corrected chi connectivity index (χ3v) is 3.26. The fraction of sp³-hybridized carbons (Fsp3) is 0.214. The van der Waals surface area contributed by atoms with Crippen molar-refractivity contribution in [1.82, 2.24) is 9.97 Å². The van der Waals surface area contributed by atoms with Crippen molar-refractivity contribution in [3.8, 4) is 11.8 Å². The lowest BCUT2D eigenvalue weighted by Crippen LogP contribution is -2.04. The van der Waals surface area contributed by atoms with Gasteiger partial charge in [-0.05, 0) is 40.5 Å². The molecule has 0 saturated carbocycles. The van der Waals surface area contributed by atoms with Crippen molar-refractivity contribution in [1.29, 1.82) is 5.26 Å². The number of hydrogen-bond acceptors (Lipinski definition) is 5. The van der Waals surface area contributed by atoms with Crippen molar-refractivity contribution in [2.24, 2.45) is 0 Å². The van der Waals surface area contributed by atoms with Gasteiger partial charge in [0.2, 0.25) is 0 Å². The molecule has 1 aromatic carbocycles. The summed E-state index contributed by atoms with van der Waals surface area (Å²) in [6.45, 7) is 2.36. The molecule has 0 amide bonds. The van der Waals surface area contributed by atoms with Gasteiger partial charge in [-0.15, -0.1) is 0 Å². The predicted molar refractivity (Wildman–Crippen MR) is 79.5 cm³/mol. The molecule has 1 N–H and O–H groups in total. The maximum Gasteiger partial charge on any atom is 0.146 e. The van der Waals surface area contributed by atoms with E-state index in [1.165, 1.54) is 0 Å². The van der Waals surface area contributed by atoms with Gasteiger partial charge < -0.3 is 10.1 Å². The van der Waals surface area contributed by atoms with Crippen LogP contribution in [-0.2, 0) is 6.54 Å². The molecule has 0 bridgehead atoms. The molecule has 5 nitrogen and oxygen atoms in total. The van der Waals surface area contributed by atoms with E-state index in [-0.39, 0.29) is 0 Å². The highest BCUT2D eigenvalue weighted by Crippen LogP contribution is 2.25. The largest absolute Gasteiger partial charge is 0.496 e. The number of nitriles is 1. The van der Waals surface area contributed by atoms with Crippen LogP contribution < -0.4 is 10.1 Å². The molecule has 2 aromatic rings. The van der Waals surface area contributed by atoms with Gasteiger partial charge in [0.05, 0.1) is 11.6 Å². The Bertz CT molecular complexity index is 667. The number of ether oxygens (including phenoxy) is 1. The van der Waals surface area contributed by atoms with E-state index in [0.29, 0.717) is 23.9 Å². The zero-order valence-electron chi connectivity index (χ0n) is 11.1. The minimum absolute atomic E-state index is 0.357. The van der Waals surface area contributed by atoms with Crippen LogP contribution in [0.3, 0.4) is 0 Å². The Morgan fingerprint density at radius 2 is 2.15 bits per heavy atom. The summed E-state index contributed by atoms with van der Waals surface area (Å²) in [7, 11) is 1.63. The van der Waals surface area contributed by atoms with Crippen molar-refractivity contribution < 1.29 is 4.74 Å². The number of anilines is 1. The predicted octanol–water partition coefficient (Wildman–Crippen LogP) is 3.04. The zero-order valence-corrected chi connectivity index (χ0v) is 12.7. The van der Waals surface area contributed by atoms with Crippen LogP contribution in [0.5, 0.6) is 5.75 Å². The van der Waals surface area contributed by atoms with Crippen LogP contribution >= 0.6 is 15.9 Å². The summed E-state index contributed by atoms with van der Waals surface area (Å²) in [6.07, 6.45) is 0. The molecular weight excluding hydrogens is 320 g/mol. The Hall–Kier alpha value is -2.13.